The molecule has 0 aliphatic heterocycles. The molecule has 0 fully saturated rings. The van der Waals surface area contributed by atoms with E-state index in [1.54, 1.807) is 0 Å². The summed E-state index contributed by atoms with van der Waals surface area (Å²) in [5.41, 5.74) is 1.39. The topological polar surface area (TPSA) is 32.3 Å². The summed E-state index contributed by atoms with van der Waals surface area (Å²) in [5, 5.41) is 12.8. The standard InChI is InChI=1S/C18H31NO/c1-3-5-7-12-18(17-10-8-6-9-11-17)19-15-16(4-2)13-14-20/h6,8-11,16,18-20H,3-5,7,12-15H2,1-2H3. The van der Waals surface area contributed by atoms with Crippen molar-refractivity contribution in [2.24, 2.45) is 5.92 Å². The molecule has 1 aromatic rings. The SMILES string of the molecule is CCCCCC(NCC(CC)CCO)c1ccccc1. The number of nitrogens with one attached hydrogen (secondary N) is 1. The minimum Gasteiger partial charge on any atom is -0.396 e. The fraction of sp³-hybridized carbons (Fsp3) is 0.667. The van der Waals surface area contributed by atoms with Gasteiger partial charge in [-0.25, -0.2) is 0 Å². The molecule has 114 valence electrons. The molecule has 1 aromatic carbocycles. The summed E-state index contributed by atoms with van der Waals surface area (Å²) in [6.07, 6.45) is 7.08. The van der Waals surface area contributed by atoms with Crippen LogP contribution >= 0.6 is 0 Å². The molecule has 2 heteroatoms. The van der Waals surface area contributed by atoms with Crippen molar-refractivity contribution in [2.45, 2.75) is 58.4 Å². The lowest BCUT2D eigenvalue weighted by atomic mass is 9.98. The van der Waals surface area contributed by atoms with E-state index in [0.29, 0.717) is 18.6 Å². The van der Waals surface area contributed by atoms with Crippen molar-refractivity contribution in [3.8, 4) is 0 Å². The summed E-state index contributed by atoms with van der Waals surface area (Å²) in [4.78, 5) is 0. The van der Waals surface area contributed by atoms with Crippen molar-refractivity contribution >= 4 is 0 Å². The maximum absolute atomic E-state index is 9.10. The molecule has 1 rings (SSSR count). The molecule has 0 aromatic heterocycles. The van der Waals surface area contributed by atoms with Gasteiger partial charge >= 0.3 is 0 Å². The van der Waals surface area contributed by atoms with Gasteiger partial charge in [-0.15, -0.1) is 0 Å². The lowest BCUT2D eigenvalue weighted by Crippen LogP contribution is -2.28. The Bertz CT molecular complexity index is 325. The lowest BCUT2D eigenvalue weighted by Gasteiger charge is -2.22. The van der Waals surface area contributed by atoms with Gasteiger partial charge in [0.25, 0.3) is 0 Å². The van der Waals surface area contributed by atoms with Crippen LogP contribution in [-0.4, -0.2) is 18.3 Å². The Morgan fingerprint density at radius 3 is 2.40 bits per heavy atom. The average molecular weight is 277 g/mol. The van der Waals surface area contributed by atoms with Crippen LogP contribution in [0.1, 0.15) is 64.0 Å². The molecule has 0 amide bonds. The highest BCUT2D eigenvalue weighted by Gasteiger charge is 2.13. The van der Waals surface area contributed by atoms with Crippen LogP contribution in [0.15, 0.2) is 30.3 Å². The Balaban J connectivity index is 2.53. The third-order valence-corrected chi connectivity index (χ3v) is 4.07. The van der Waals surface area contributed by atoms with Crippen LogP contribution in [0.2, 0.25) is 0 Å². The van der Waals surface area contributed by atoms with Crippen LogP contribution in [0, 0.1) is 5.92 Å². The molecule has 0 aliphatic rings. The highest BCUT2D eigenvalue weighted by atomic mass is 16.3. The van der Waals surface area contributed by atoms with E-state index in [9.17, 15) is 0 Å². The van der Waals surface area contributed by atoms with Gasteiger partial charge in [0.1, 0.15) is 0 Å². The number of unbranched alkanes of at least 4 members (excludes halogenated alkanes) is 2. The monoisotopic (exact) mass is 277 g/mol. The molecular formula is C18H31NO. The van der Waals surface area contributed by atoms with E-state index in [1.807, 2.05) is 0 Å². The quantitative estimate of drug-likeness (QED) is 0.591. The zero-order valence-corrected chi connectivity index (χ0v) is 13.1. The number of benzene rings is 1. The first-order valence-corrected chi connectivity index (χ1v) is 8.21. The van der Waals surface area contributed by atoms with Crippen molar-refractivity contribution in [1.29, 1.82) is 0 Å². The van der Waals surface area contributed by atoms with Crippen molar-refractivity contribution in [3.63, 3.8) is 0 Å². The molecule has 2 atom stereocenters. The average Bonchev–Trinajstić information content (AvgIpc) is 2.50. The molecule has 0 aliphatic carbocycles. The molecule has 0 radical (unpaired) electrons. The molecule has 0 spiro atoms. The Morgan fingerprint density at radius 2 is 1.80 bits per heavy atom. The largest absolute Gasteiger partial charge is 0.396 e. The Labute approximate surface area is 124 Å². The number of hydrogen-bond donors (Lipinski definition) is 2. The van der Waals surface area contributed by atoms with Crippen molar-refractivity contribution < 1.29 is 5.11 Å². The third kappa shape index (κ3) is 6.53. The molecule has 2 N–H and O–H groups in total. The maximum atomic E-state index is 9.10. The fourth-order valence-electron chi connectivity index (χ4n) is 2.61. The van der Waals surface area contributed by atoms with Crippen LogP contribution in [0.4, 0.5) is 0 Å². The van der Waals surface area contributed by atoms with Crippen LogP contribution in [-0.2, 0) is 0 Å². The summed E-state index contributed by atoms with van der Waals surface area (Å²) >= 11 is 0. The summed E-state index contributed by atoms with van der Waals surface area (Å²) in [6.45, 7) is 5.75. The van der Waals surface area contributed by atoms with Gasteiger partial charge in [0.05, 0.1) is 0 Å². The minimum atomic E-state index is 0.298. The number of aliphatic hydroxyl groups excluding tert-OH is 1. The lowest BCUT2D eigenvalue weighted by molar-refractivity contribution is 0.247. The van der Waals surface area contributed by atoms with E-state index in [-0.39, 0.29) is 0 Å². The minimum absolute atomic E-state index is 0.298. The summed E-state index contributed by atoms with van der Waals surface area (Å²) in [7, 11) is 0. The van der Waals surface area contributed by atoms with Crippen molar-refractivity contribution in [1.82, 2.24) is 5.32 Å². The number of aliphatic hydroxyl groups is 1. The van der Waals surface area contributed by atoms with Gasteiger partial charge in [0.2, 0.25) is 0 Å². The Hall–Kier alpha value is -0.860. The Kier molecular flexibility index (Phi) is 9.35. The molecule has 0 saturated heterocycles. The van der Waals surface area contributed by atoms with Gasteiger partial charge in [0, 0.05) is 12.6 Å². The second-order valence-corrected chi connectivity index (χ2v) is 5.65. The van der Waals surface area contributed by atoms with Gasteiger partial charge in [-0.3, -0.25) is 0 Å². The highest BCUT2D eigenvalue weighted by molar-refractivity contribution is 5.18. The van der Waals surface area contributed by atoms with E-state index in [4.69, 9.17) is 5.11 Å². The van der Waals surface area contributed by atoms with E-state index < -0.39 is 0 Å². The van der Waals surface area contributed by atoms with Crippen LogP contribution < -0.4 is 5.32 Å². The number of rotatable bonds is 11. The zero-order chi connectivity index (χ0) is 14.6. The third-order valence-electron chi connectivity index (χ3n) is 4.07. The van der Waals surface area contributed by atoms with Gasteiger partial charge in [0.15, 0.2) is 0 Å². The molecular weight excluding hydrogens is 246 g/mol. The predicted octanol–water partition coefficient (Wildman–Crippen LogP) is 4.31. The predicted molar refractivity (Wildman–Crippen MR) is 86.8 cm³/mol. The first kappa shape index (κ1) is 17.2. The smallest absolute Gasteiger partial charge is 0.0434 e. The summed E-state index contributed by atoms with van der Waals surface area (Å²) in [5.74, 6) is 0.581. The summed E-state index contributed by atoms with van der Waals surface area (Å²) < 4.78 is 0. The molecule has 0 heterocycles. The Morgan fingerprint density at radius 1 is 1.05 bits per heavy atom. The maximum Gasteiger partial charge on any atom is 0.0434 e. The van der Waals surface area contributed by atoms with E-state index >= 15 is 0 Å². The van der Waals surface area contributed by atoms with Crippen LogP contribution in [0.25, 0.3) is 0 Å². The molecule has 20 heavy (non-hydrogen) atoms. The normalized spacial score (nSPS) is 14.2. The zero-order valence-electron chi connectivity index (χ0n) is 13.1. The van der Waals surface area contributed by atoms with Crippen LogP contribution in [0.5, 0.6) is 0 Å². The van der Waals surface area contributed by atoms with E-state index in [0.717, 1.165) is 19.4 Å². The van der Waals surface area contributed by atoms with Gasteiger partial charge < -0.3 is 10.4 Å². The summed E-state index contributed by atoms with van der Waals surface area (Å²) in [6, 6.07) is 11.2. The molecule has 0 saturated carbocycles. The van der Waals surface area contributed by atoms with Gasteiger partial charge in [-0.1, -0.05) is 69.9 Å². The van der Waals surface area contributed by atoms with Crippen molar-refractivity contribution in [3.05, 3.63) is 35.9 Å². The first-order chi connectivity index (χ1) is 9.81. The van der Waals surface area contributed by atoms with Crippen LogP contribution in [0.3, 0.4) is 0 Å². The second-order valence-electron chi connectivity index (χ2n) is 5.65. The van der Waals surface area contributed by atoms with E-state index in [1.165, 1.54) is 31.2 Å². The van der Waals surface area contributed by atoms with Crippen molar-refractivity contribution in [2.75, 3.05) is 13.2 Å². The molecule has 0 bridgehead atoms. The van der Waals surface area contributed by atoms with Gasteiger partial charge in [-0.2, -0.15) is 0 Å². The van der Waals surface area contributed by atoms with E-state index in [2.05, 4.69) is 49.5 Å². The first-order valence-electron chi connectivity index (χ1n) is 8.21. The number of hydrogen-bond acceptors (Lipinski definition) is 2. The second kappa shape index (κ2) is 10.9. The van der Waals surface area contributed by atoms with Gasteiger partial charge in [-0.05, 0) is 30.9 Å². The molecule has 2 nitrogen and oxygen atoms in total. The highest BCUT2D eigenvalue weighted by Crippen LogP contribution is 2.20. The molecule has 2 unspecified atom stereocenters. The fourth-order valence-corrected chi connectivity index (χ4v) is 2.61.